The van der Waals surface area contributed by atoms with E-state index in [-0.39, 0.29) is 20.3 Å². The van der Waals surface area contributed by atoms with Crippen LogP contribution in [-0.2, 0) is 0 Å². The van der Waals surface area contributed by atoms with Gasteiger partial charge in [0.25, 0.3) is 0 Å². The van der Waals surface area contributed by atoms with Gasteiger partial charge in [-0.2, -0.15) is 0 Å². The number of halogens is 1. The Labute approximate surface area is 64.3 Å². The molecule has 0 aromatic carbocycles. The summed E-state index contributed by atoms with van der Waals surface area (Å²) in [6.07, 6.45) is 3.73. The first-order valence-electron chi connectivity index (χ1n) is 2.47. The Bertz CT molecular complexity index is 24.4. The van der Waals surface area contributed by atoms with Crippen molar-refractivity contribution in [1.29, 1.82) is 0 Å². The van der Waals surface area contributed by atoms with Gasteiger partial charge in [-0.25, -0.2) is 0 Å². The maximum absolute atomic E-state index is 5.38. The molecule has 0 rings (SSSR count). The third kappa shape index (κ3) is 10.9. The van der Waals surface area contributed by atoms with E-state index in [4.69, 9.17) is 11.6 Å². The first-order valence-corrected chi connectivity index (χ1v) is 3.01. The Morgan fingerprint density at radius 1 is 1.43 bits per heavy atom. The van der Waals surface area contributed by atoms with Crippen LogP contribution in [-0.4, -0.2) is 5.88 Å². The number of rotatable bonds is 3. The summed E-state index contributed by atoms with van der Waals surface area (Å²) in [7, 11) is 0. The molecular formula is C5H12ClLi. The molecule has 0 bridgehead atoms. The Hall–Kier alpha value is 0.887. The first kappa shape index (κ1) is 10.8. The van der Waals surface area contributed by atoms with Gasteiger partial charge in [0.05, 0.1) is 0 Å². The minimum Gasteiger partial charge on any atom is -1.00 e. The molecular weight excluding hydrogens is 102 g/mol. The second-order valence-corrected chi connectivity index (χ2v) is 1.77. The molecule has 0 N–H and O–H groups in total. The fraction of sp³-hybridized carbons (Fsp3) is 1.00. The van der Waals surface area contributed by atoms with Gasteiger partial charge in [0.1, 0.15) is 0 Å². The average molecular weight is 115 g/mol. The zero-order valence-corrected chi connectivity index (χ0v) is 5.96. The topological polar surface area (TPSA) is 0 Å². The van der Waals surface area contributed by atoms with Crippen molar-refractivity contribution in [1.82, 2.24) is 0 Å². The average Bonchev–Trinajstić information content (AvgIpc) is 1.61. The predicted octanol–water partition coefficient (Wildman–Crippen LogP) is -0.468. The van der Waals surface area contributed by atoms with Crippen LogP contribution in [0.1, 0.15) is 27.6 Å². The van der Waals surface area contributed by atoms with Crippen LogP contribution in [0.15, 0.2) is 0 Å². The molecule has 0 atom stereocenters. The molecule has 0 radical (unpaired) electrons. The van der Waals surface area contributed by atoms with E-state index in [1.54, 1.807) is 0 Å². The molecule has 0 unspecified atom stereocenters. The van der Waals surface area contributed by atoms with Crippen molar-refractivity contribution < 1.29 is 20.3 Å². The van der Waals surface area contributed by atoms with Gasteiger partial charge in [-0.05, 0) is 6.42 Å². The minimum absolute atomic E-state index is 0. The number of unbranched alkanes of at least 4 members (excludes halogenated alkanes) is 2. The van der Waals surface area contributed by atoms with Crippen LogP contribution >= 0.6 is 11.6 Å². The molecule has 0 aromatic rings. The van der Waals surface area contributed by atoms with Crippen molar-refractivity contribution >= 4 is 11.6 Å². The second kappa shape index (κ2) is 9.99. The Morgan fingerprint density at radius 2 is 2.00 bits per heavy atom. The zero-order chi connectivity index (χ0) is 4.83. The quantitative estimate of drug-likeness (QED) is 0.265. The van der Waals surface area contributed by atoms with Crippen LogP contribution in [0.2, 0.25) is 0 Å². The first-order chi connectivity index (χ1) is 2.91. The summed E-state index contributed by atoms with van der Waals surface area (Å²) >= 11 is 5.38. The van der Waals surface area contributed by atoms with Gasteiger partial charge in [0.2, 0.25) is 0 Å². The summed E-state index contributed by atoms with van der Waals surface area (Å²) in [5, 5.41) is 0. The van der Waals surface area contributed by atoms with E-state index in [9.17, 15) is 0 Å². The van der Waals surface area contributed by atoms with Gasteiger partial charge < -0.3 is 1.43 Å². The molecule has 0 heterocycles. The van der Waals surface area contributed by atoms with E-state index < -0.39 is 0 Å². The summed E-state index contributed by atoms with van der Waals surface area (Å²) in [5.74, 6) is 0.827. The van der Waals surface area contributed by atoms with Gasteiger partial charge in [-0.15, -0.1) is 11.6 Å². The number of hydrogen-bond acceptors (Lipinski definition) is 0. The van der Waals surface area contributed by atoms with E-state index in [0.29, 0.717) is 0 Å². The maximum Gasteiger partial charge on any atom is 1.00 e. The Morgan fingerprint density at radius 3 is 2.14 bits per heavy atom. The van der Waals surface area contributed by atoms with Crippen LogP contribution in [0.5, 0.6) is 0 Å². The van der Waals surface area contributed by atoms with Crippen molar-refractivity contribution in [2.24, 2.45) is 0 Å². The molecule has 0 saturated carbocycles. The van der Waals surface area contributed by atoms with Gasteiger partial charge in [0, 0.05) is 5.88 Å². The number of hydrogen-bond donors (Lipinski definition) is 0. The molecule has 0 amide bonds. The van der Waals surface area contributed by atoms with Crippen LogP contribution in [0.4, 0.5) is 0 Å². The molecule has 0 saturated heterocycles. The van der Waals surface area contributed by atoms with Crippen molar-refractivity contribution in [2.75, 3.05) is 5.88 Å². The molecule has 2 heteroatoms. The SMILES string of the molecule is CCCCCCl.[H-].[Li+]. The maximum atomic E-state index is 5.38. The third-order valence-electron chi connectivity index (χ3n) is 0.737. The zero-order valence-electron chi connectivity index (χ0n) is 6.21. The molecule has 0 spiro atoms. The number of alkyl halides is 1. The molecule has 0 aromatic heterocycles. The van der Waals surface area contributed by atoms with E-state index >= 15 is 0 Å². The van der Waals surface area contributed by atoms with E-state index in [0.717, 1.165) is 5.88 Å². The standard InChI is InChI=1S/C5H11Cl.Li.H/c1-2-3-4-5-6;;/h2-5H2,1H3;;/q;+1;-1. The molecule has 0 aliphatic carbocycles. The molecule has 0 nitrogen and oxygen atoms in total. The molecule has 0 aliphatic heterocycles. The normalized spacial score (nSPS) is 7.71. The van der Waals surface area contributed by atoms with E-state index in [2.05, 4.69) is 6.92 Å². The predicted molar refractivity (Wildman–Crippen MR) is 31.4 cm³/mol. The van der Waals surface area contributed by atoms with Gasteiger partial charge in [0.15, 0.2) is 0 Å². The van der Waals surface area contributed by atoms with Crippen molar-refractivity contribution in [3.63, 3.8) is 0 Å². The smallest absolute Gasteiger partial charge is 1.00 e. The Balaban J connectivity index is -0.000000125. The second-order valence-electron chi connectivity index (χ2n) is 1.40. The monoisotopic (exact) mass is 114 g/mol. The molecule has 0 aliphatic rings. The summed E-state index contributed by atoms with van der Waals surface area (Å²) in [6.45, 7) is 2.17. The van der Waals surface area contributed by atoms with Gasteiger partial charge >= 0.3 is 18.9 Å². The van der Waals surface area contributed by atoms with Crippen molar-refractivity contribution in [2.45, 2.75) is 26.2 Å². The third-order valence-corrected chi connectivity index (χ3v) is 1.00. The van der Waals surface area contributed by atoms with Gasteiger partial charge in [-0.1, -0.05) is 19.8 Å². The molecule has 7 heavy (non-hydrogen) atoms. The fourth-order valence-electron chi connectivity index (χ4n) is 0.344. The van der Waals surface area contributed by atoms with Crippen LogP contribution < -0.4 is 18.9 Å². The van der Waals surface area contributed by atoms with Gasteiger partial charge in [-0.3, -0.25) is 0 Å². The molecule has 0 fully saturated rings. The van der Waals surface area contributed by atoms with Crippen LogP contribution in [0.3, 0.4) is 0 Å². The summed E-state index contributed by atoms with van der Waals surface area (Å²) in [4.78, 5) is 0. The summed E-state index contributed by atoms with van der Waals surface area (Å²) in [6, 6.07) is 0. The Kier molecular flexibility index (Phi) is 15.4. The minimum atomic E-state index is 0. The summed E-state index contributed by atoms with van der Waals surface area (Å²) in [5.41, 5.74) is 0. The van der Waals surface area contributed by atoms with Crippen LogP contribution in [0, 0.1) is 0 Å². The van der Waals surface area contributed by atoms with Crippen molar-refractivity contribution in [3.8, 4) is 0 Å². The van der Waals surface area contributed by atoms with E-state index in [1.807, 2.05) is 0 Å². The molecule has 40 valence electrons. The van der Waals surface area contributed by atoms with E-state index in [1.165, 1.54) is 19.3 Å². The van der Waals surface area contributed by atoms with Crippen molar-refractivity contribution in [3.05, 3.63) is 0 Å². The summed E-state index contributed by atoms with van der Waals surface area (Å²) < 4.78 is 0. The largest absolute Gasteiger partial charge is 1.00 e. The van der Waals surface area contributed by atoms with Crippen LogP contribution in [0.25, 0.3) is 0 Å². The fourth-order valence-corrected chi connectivity index (χ4v) is 0.533.